The van der Waals surface area contributed by atoms with Crippen LogP contribution in [0.15, 0.2) is 36.4 Å². The summed E-state index contributed by atoms with van der Waals surface area (Å²) in [4.78, 5) is 10.7. The zero-order valence-corrected chi connectivity index (χ0v) is 12.7. The number of benzene rings is 2. The van der Waals surface area contributed by atoms with E-state index in [2.05, 4.69) is 0 Å². The molecule has 0 bridgehead atoms. The van der Waals surface area contributed by atoms with Gasteiger partial charge in [-0.15, -0.1) is 0 Å². The van der Waals surface area contributed by atoms with E-state index in [1.807, 2.05) is 0 Å². The Morgan fingerprint density at radius 2 is 1.91 bits per heavy atom. The minimum Gasteiger partial charge on any atom is -0.496 e. The third kappa shape index (κ3) is 4.16. The normalized spacial score (nSPS) is 11.2. The lowest BCUT2D eigenvalue weighted by molar-refractivity contribution is -0.137. The van der Waals surface area contributed by atoms with Crippen LogP contribution >= 0.6 is 11.6 Å². The first-order valence-corrected chi connectivity index (χ1v) is 6.84. The summed E-state index contributed by atoms with van der Waals surface area (Å²) in [6.45, 7) is -0.0127. The first-order chi connectivity index (χ1) is 10.8. The highest BCUT2D eigenvalue weighted by Gasteiger charge is 2.33. The minimum atomic E-state index is -4.56. The molecule has 0 atom stereocenters. The molecule has 0 heterocycles. The van der Waals surface area contributed by atoms with Gasteiger partial charge in [0.1, 0.15) is 24.4 Å². The number of ether oxygens (including phenoxy) is 2. The smallest absolute Gasteiger partial charge is 0.417 e. The van der Waals surface area contributed by atoms with Gasteiger partial charge < -0.3 is 9.47 Å². The molecule has 122 valence electrons. The first-order valence-electron chi connectivity index (χ1n) is 6.47. The number of hydrogen-bond acceptors (Lipinski definition) is 3. The maximum atomic E-state index is 12.8. The van der Waals surface area contributed by atoms with Gasteiger partial charge in [-0.2, -0.15) is 13.2 Å². The largest absolute Gasteiger partial charge is 0.496 e. The van der Waals surface area contributed by atoms with Crippen LogP contribution in [0.4, 0.5) is 13.2 Å². The van der Waals surface area contributed by atoms with E-state index >= 15 is 0 Å². The van der Waals surface area contributed by atoms with Crippen LogP contribution in [-0.2, 0) is 12.8 Å². The van der Waals surface area contributed by atoms with Crippen LogP contribution in [0.1, 0.15) is 21.5 Å². The molecule has 0 fully saturated rings. The number of hydrogen-bond donors (Lipinski definition) is 0. The summed E-state index contributed by atoms with van der Waals surface area (Å²) in [7, 11) is 1.43. The van der Waals surface area contributed by atoms with E-state index in [0.717, 1.165) is 12.1 Å². The Morgan fingerprint density at radius 1 is 1.17 bits per heavy atom. The second-order valence-corrected chi connectivity index (χ2v) is 5.02. The number of methoxy groups -OCH3 is 1. The number of alkyl halides is 3. The zero-order chi connectivity index (χ0) is 17.0. The van der Waals surface area contributed by atoms with Crippen molar-refractivity contribution in [2.24, 2.45) is 0 Å². The third-order valence-electron chi connectivity index (χ3n) is 3.08. The standard InChI is InChI=1S/C16H12ClF3O3/c1-22-15-6-10(8-21)2-3-11(15)9-23-12-4-5-14(17)13(7-12)16(18,19)20/h2-8H,9H2,1H3. The molecular formula is C16H12ClF3O3. The third-order valence-corrected chi connectivity index (χ3v) is 3.41. The van der Waals surface area contributed by atoms with Crippen molar-refractivity contribution >= 4 is 17.9 Å². The van der Waals surface area contributed by atoms with E-state index in [1.165, 1.54) is 19.2 Å². The molecule has 0 radical (unpaired) electrons. The molecule has 2 aromatic rings. The Bertz CT molecular complexity index is 714. The van der Waals surface area contributed by atoms with Gasteiger partial charge in [0.15, 0.2) is 0 Å². The molecule has 2 rings (SSSR count). The zero-order valence-electron chi connectivity index (χ0n) is 12.0. The number of carbonyl (C=O) groups is 1. The van der Waals surface area contributed by atoms with Crippen molar-refractivity contribution < 1.29 is 27.4 Å². The monoisotopic (exact) mass is 344 g/mol. The molecule has 0 spiro atoms. The van der Waals surface area contributed by atoms with Crippen molar-refractivity contribution in [2.45, 2.75) is 12.8 Å². The Kier molecular flexibility index (Phi) is 5.15. The van der Waals surface area contributed by atoms with Crippen LogP contribution < -0.4 is 9.47 Å². The maximum Gasteiger partial charge on any atom is 0.417 e. The van der Waals surface area contributed by atoms with Crippen molar-refractivity contribution in [1.29, 1.82) is 0 Å². The molecule has 0 aliphatic heterocycles. The van der Waals surface area contributed by atoms with Crippen molar-refractivity contribution in [2.75, 3.05) is 7.11 Å². The van der Waals surface area contributed by atoms with Gasteiger partial charge in [-0.1, -0.05) is 23.7 Å². The highest BCUT2D eigenvalue weighted by molar-refractivity contribution is 6.31. The van der Waals surface area contributed by atoms with Gasteiger partial charge >= 0.3 is 6.18 Å². The molecule has 7 heteroatoms. The second-order valence-electron chi connectivity index (χ2n) is 4.62. The first kappa shape index (κ1) is 17.1. The fourth-order valence-electron chi connectivity index (χ4n) is 1.93. The fraction of sp³-hybridized carbons (Fsp3) is 0.188. The SMILES string of the molecule is COc1cc(C=O)ccc1COc1ccc(Cl)c(C(F)(F)F)c1. The highest BCUT2D eigenvalue weighted by atomic mass is 35.5. The number of halogens is 4. The van der Waals surface area contributed by atoms with Crippen LogP contribution in [0.3, 0.4) is 0 Å². The summed E-state index contributed by atoms with van der Waals surface area (Å²) in [5.74, 6) is 0.447. The average Bonchev–Trinajstić information content (AvgIpc) is 2.52. The number of carbonyl (C=O) groups excluding carboxylic acids is 1. The number of aldehydes is 1. The van der Waals surface area contributed by atoms with E-state index in [-0.39, 0.29) is 12.4 Å². The molecular weight excluding hydrogens is 333 g/mol. The Hall–Kier alpha value is -2.21. The van der Waals surface area contributed by atoms with Crippen LogP contribution in [0.5, 0.6) is 11.5 Å². The summed E-state index contributed by atoms with van der Waals surface area (Å²) in [6, 6.07) is 8.03. The van der Waals surface area contributed by atoms with Gasteiger partial charge in [0.25, 0.3) is 0 Å². The number of rotatable bonds is 5. The van der Waals surface area contributed by atoms with E-state index in [1.54, 1.807) is 12.1 Å². The van der Waals surface area contributed by atoms with Gasteiger partial charge in [-0.3, -0.25) is 4.79 Å². The molecule has 3 nitrogen and oxygen atoms in total. The van der Waals surface area contributed by atoms with Crippen molar-refractivity contribution in [3.8, 4) is 11.5 Å². The van der Waals surface area contributed by atoms with Crippen LogP contribution in [-0.4, -0.2) is 13.4 Å². The second kappa shape index (κ2) is 6.91. The minimum absolute atomic E-state index is 0.0127. The molecule has 2 aromatic carbocycles. The molecule has 0 amide bonds. The lowest BCUT2D eigenvalue weighted by Crippen LogP contribution is -2.06. The maximum absolute atomic E-state index is 12.8. The lowest BCUT2D eigenvalue weighted by atomic mass is 10.1. The van der Waals surface area contributed by atoms with Crippen LogP contribution in [0.2, 0.25) is 5.02 Å². The quantitative estimate of drug-likeness (QED) is 0.734. The van der Waals surface area contributed by atoms with Gasteiger partial charge in [-0.25, -0.2) is 0 Å². The Morgan fingerprint density at radius 3 is 2.52 bits per heavy atom. The summed E-state index contributed by atoms with van der Waals surface area (Å²) in [6.07, 6.45) is -3.89. The lowest BCUT2D eigenvalue weighted by Gasteiger charge is -2.13. The van der Waals surface area contributed by atoms with Crippen molar-refractivity contribution in [1.82, 2.24) is 0 Å². The van der Waals surface area contributed by atoms with Crippen molar-refractivity contribution in [3.63, 3.8) is 0 Å². The molecule has 23 heavy (non-hydrogen) atoms. The van der Waals surface area contributed by atoms with E-state index in [9.17, 15) is 18.0 Å². The Labute approximate surface area is 135 Å². The topological polar surface area (TPSA) is 35.5 Å². The van der Waals surface area contributed by atoms with Crippen LogP contribution in [0, 0.1) is 0 Å². The van der Waals surface area contributed by atoms with Gasteiger partial charge in [-0.05, 0) is 24.3 Å². The van der Waals surface area contributed by atoms with Gasteiger partial charge in [0.2, 0.25) is 0 Å². The average molecular weight is 345 g/mol. The van der Waals surface area contributed by atoms with Gasteiger partial charge in [0.05, 0.1) is 17.7 Å². The summed E-state index contributed by atoms with van der Waals surface area (Å²) >= 11 is 5.55. The molecule has 0 aromatic heterocycles. The van der Waals surface area contributed by atoms with E-state index < -0.39 is 16.8 Å². The van der Waals surface area contributed by atoms with E-state index in [0.29, 0.717) is 23.2 Å². The molecule has 0 saturated heterocycles. The summed E-state index contributed by atoms with van der Waals surface area (Å²) < 4.78 is 48.9. The van der Waals surface area contributed by atoms with E-state index in [4.69, 9.17) is 21.1 Å². The van der Waals surface area contributed by atoms with Gasteiger partial charge in [0, 0.05) is 11.1 Å². The fourth-order valence-corrected chi connectivity index (χ4v) is 2.15. The molecule has 0 N–H and O–H groups in total. The molecule has 0 aliphatic rings. The molecule has 0 saturated carbocycles. The molecule has 0 aliphatic carbocycles. The Balaban J connectivity index is 2.20. The van der Waals surface area contributed by atoms with Crippen LogP contribution in [0.25, 0.3) is 0 Å². The van der Waals surface area contributed by atoms with Crippen molar-refractivity contribution in [3.05, 3.63) is 58.1 Å². The molecule has 0 unspecified atom stereocenters. The predicted octanol–water partition coefficient (Wildman–Crippen LogP) is 4.76. The summed E-state index contributed by atoms with van der Waals surface area (Å²) in [5.41, 5.74) is 0.0676. The predicted molar refractivity (Wildman–Crippen MR) is 79.2 cm³/mol. The highest BCUT2D eigenvalue weighted by Crippen LogP contribution is 2.37. The summed E-state index contributed by atoms with van der Waals surface area (Å²) in [5, 5.41) is -0.391.